The van der Waals surface area contributed by atoms with Crippen molar-refractivity contribution in [3.8, 4) is 5.69 Å². The molecule has 1 aromatic heterocycles. The fourth-order valence-electron chi connectivity index (χ4n) is 1.56. The molecule has 1 heterocycles. The van der Waals surface area contributed by atoms with Gasteiger partial charge in [0, 0.05) is 6.42 Å². The van der Waals surface area contributed by atoms with E-state index in [1.807, 2.05) is 24.3 Å². The topological polar surface area (TPSA) is 50.9 Å². The number of aliphatic hydroxyl groups is 1. The van der Waals surface area contributed by atoms with Crippen LogP contribution in [0.4, 0.5) is 0 Å². The van der Waals surface area contributed by atoms with Gasteiger partial charge in [-0.1, -0.05) is 18.2 Å². The highest BCUT2D eigenvalue weighted by atomic mass is 16.3. The summed E-state index contributed by atoms with van der Waals surface area (Å²) in [5.41, 5.74) is 2.04. The Bertz CT molecular complexity index is 423. The van der Waals surface area contributed by atoms with Gasteiger partial charge in [0.2, 0.25) is 0 Å². The minimum atomic E-state index is -0.352. The summed E-state index contributed by atoms with van der Waals surface area (Å²) in [7, 11) is 0. The smallest absolute Gasteiger partial charge is 0.138 e. The lowest BCUT2D eigenvalue weighted by Gasteiger charge is -2.10. The normalized spacial score (nSPS) is 12.7. The number of benzene rings is 1. The van der Waals surface area contributed by atoms with Gasteiger partial charge in [-0.3, -0.25) is 0 Å². The number of nitrogens with zero attached hydrogens (tertiary/aromatic N) is 3. The second-order valence-corrected chi connectivity index (χ2v) is 3.52. The minimum Gasteiger partial charge on any atom is -0.393 e. The standard InChI is InChI=1S/C11H13N3O/c1-9(15)6-10-4-2-3-5-11(10)14-8-12-7-13-14/h2-5,7-9,15H,6H2,1H3. The molecule has 0 saturated heterocycles. The van der Waals surface area contributed by atoms with Crippen molar-refractivity contribution in [3.63, 3.8) is 0 Å². The molecule has 0 amide bonds. The summed E-state index contributed by atoms with van der Waals surface area (Å²) in [4.78, 5) is 3.91. The molecule has 2 aromatic rings. The van der Waals surface area contributed by atoms with E-state index in [4.69, 9.17) is 0 Å². The Labute approximate surface area is 88.2 Å². The van der Waals surface area contributed by atoms with Crippen molar-refractivity contribution in [1.82, 2.24) is 14.8 Å². The van der Waals surface area contributed by atoms with Crippen LogP contribution in [0.2, 0.25) is 0 Å². The number of hydrogen-bond donors (Lipinski definition) is 1. The molecule has 0 aliphatic rings. The predicted molar refractivity (Wildman–Crippen MR) is 56.7 cm³/mol. The summed E-state index contributed by atoms with van der Waals surface area (Å²) in [6.07, 6.45) is 3.42. The Balaban J connectivity index is 2.38. The van der Waals surface area contributed by atoms with E-state index in [0.717, 1.165) is 11.3 Å². The Kier molecular flexibility index (Phi) is 2.78. The highest BCUT2D eigenvalue weighted by molar-refractivity contribution is 5.40. The highest BCUT2D eigenvalue weighted by Gasteiger charge is 2.06. The summed E-state index contributed by atoms with van der Waals surface area (Å²) >= 11 is 0. The molecular formula is C11H13N3O. The molecule has 1 atom stereocenters. The first kappa shape index (κ1) is 9.86. The SMILES string of the molecule is CC(O)Cc1ccccc1-n1cncn1. The van der Waals surface area contributed by atoms with Crippen LogP contribution in [0, 0.1) is 0 Å². The summed E-state index contributed by atoms with van der Waals surface area (Å²) in [5.74, 6) is 0. The zero-order valence-electron chi connectivity index (χ0n) is 8.54. The zero-order valence-corrected chi connectivity index (χ0v) is 8.54. The average Bonchev–Trinajstić information content (AvgIpc) is 2.70. The average molecular weight is 203 g/mol. The van der Waals surface area contributed by atoms with E-state index in [2.05, 4.69) is 10.1 Å². The van der Waals surface area contributed by atoms with Gasteiger partial charge in [0.15, 0.2) is 0 Å². The Morgan fingerprint density at radius 2 is 2.20 bits per heavy atom. The minimum absolute atomic E-state index is 0.352. The van der Waals surface area contributed by atoms with Gasteiger partial charge in [0.1, 0.15) is 12.7 Å². The van der Waals surface area contributed by atoms with Crippen LogP contribution in [0.15, 0.2) is 36.9 Å². The maximum Gasteiger partial charge on any atom is 0.138 e. The Morgan fingerprint density at radius 1 is 1.40 bits per heavy atom. The molecule has 0 bridgehead atoms. The predicted octanol–water partition coefficient (Wildman–Crippen LogP) is 1.19. The van der Waals surface area contributed by atoms with E-state index in [9.17, 15) is 5.11 Å². The largest absolute Gasteiger partial charge is 0.393 e. The van der Waals surface area contributed by atoms with Gasteiger partial charge in [-0.2, -0.15) is 5.10 Å². The molecule has 0 saturated carbocycles. The Morgan fingerprint density at radius 3 is 2.87 bits per heavy atom. The Hall–Kier alpha value is -1.68. The molecule has 4 heteroatoms. The number of rotatable bonds is 3. The van der Waals surface area contributed by atoms with Crippen molar-refractivity contribution in [3.05, 3.63) is 42.5 Å². The third-order valence-electron chi connectivity index (χ3n) is 2.17. The van der Waals surface area contributed by atoms with E-state index >= 15 is 0 Å². The number of hydrogen-bond acceptors (Lipinski definition) is 3. The molecule has 78 valence electrons. The molecular weight excluding hydrogens is 190 g/mol. The van der Waals surface area contributed by atoms with Crippen molar-refractivity contribution in [2.45, 2.75) is 19.4 Å². The van der Waals surface area contributed by atoms with Gasteiger partial charge in [-0.25, -0.2) is 9.67 Å². The number of aliphatic hydroxyl groups excluding tert-OH is 1. The molecule has 1 N–H and O–H groups in total. The number of para-hydroxylation sites is 1. The highest BCUT2D eigenvalue weighted by Crippen LogP contribution is 2.14. The zero-order chi connectivity index (χ0) is 10.7. The van der Waals surface area contributed by atoms with E-state index in [1.165, 1.54) is 6.33 Å². The van der Waals surface area contributed by atoms with Crippen molar-refractivity contribution in [2.24, 2.45) is 0 Å². The first-order valence-corrected chi connectivity index (χ1v) is 4.88. The van der Waals surface area contributed by atoms with Gasteiger partial charge in [-0.05, 0) is 18.6 Å². The molecule has 1 aromatic carbocycles. The van der Waals surface area contributed by atoms with Crippen LogP contribution in [-0.4, -0.2) is 26.0 Å². The van der Waals surface area contributed by atoms with Gasteiger partial charge in [0.25, 0.3) is 0 Å². The van der Waals surface area contributed by atoms with Gasteiger partial charge >= 0.3 is 0 Å². The van der Waals surface area contributed by atoms with E-state index < -0.39 is 0 Å². The molecule has 4 nitrogen and oxygen atoms in total. The maximum absolute atomic E-state index is 9.38. The van der Waals surface area contributed by atoms with Crippen LogP contribution >= 0.6 is 0 Å². The maximum atomic E-state index is 9.38. The third kappa shape index (κ3) is 2.22. The molecule has 0 aliphatic carbocycles. The van der Waals surface area contributed by atoms with Crippen LogP contribution < -0.4 is 0 Å². The molecule has 0 aliphatic heterocycles. The first-order valence-electron chi connectivity index (χ1n) is 4.88. The van der Waals surface area contributed by atoms with Crippen molar-refractivity contribution in [1.29, 1.82) is 0 Å². The first-order chi connectivity index (χ1) is 7.27. The lowest BCUT2D eigenvalue weighted by Crippen LogP contribution is -2.08. The van der Waals surface area contributed by atoms with Crippen LogP contribution in [0.5, 0.6) is 0 Å². The number of aromatic nitrogens is 3. The molecule has 1 unspecified atom stereocenters. The van der Waals surface area contributed by atoms with Crippen LogP contribution in [-0.2, 0) is 6.42 Å². The second kappa shape index (κ2) is 4.23. The van der Waals surface area contributed by atoms with Crippen molar-refractivity contribution >= 4 is 0 Å². The van der Waals surface area contributed by atoms with Crippen molar-refractivity contribution in [2.75, 3.05) is 0 Å². The van der Waals surface area contributed by atoms with E-state index in [0.29, 0.717) is 6.42 Å². The van der Waals surface area contributed by atoms with Gasteiger partial charge in [0.05, 0.1) is 11.8 Å². The lowest BCUT2D eigenvalue weighted by atomic mass is 10.1. The lowest BCUT2D eigenvalue weighted by molar-refractivity contribution is 0.195. The molecule has 0 radical (unpaired) electrons. The van der Waals surface area contributed by atoms with E-state index in [1.54, 1.807) is 17.9 Å². The van der Waals surface area contributed by atoms with Gasteiger partial charge in [-0.15, -0.1) is 0 Å². The second-order valence-electron chi connectivity index (χ2n) is 3.52. The monoisotopic (exact) mass is 203 g/mol. The van der Waals surface area contributed by atoms with Gasteiger partial charge < -0.3 is 5.11 Å². The summed E-state index contributed by atoms with van der Waals surface area (Å²) in [5, 5.41) is 13.5. The van der Waals surface area contributed by atoms with Crippen LogP contribution in [0.3, 0.4) is 0 Å². The quantitative estimate of drug-likeness (QED) is 0.815. The fraction of sp³-hybridized carbons (Fsp3) is 0.273. The van der Waals surface area contributed by atoms with Crippen molar-refractivity contribution < 1.29 is 5.11 Å². The van der Waals surface area contributed by atoms with E-state index in [-0.39, 0.29) is 6.10 Å². The summed E-state index contributed by atoms with van der Waals surface area (Å²) in [6.45, 7) is 1.78. The molecule has 0 fully saturated rings. The summed E-state index contributed by atoms with van der Waals surface area (Å²) < 4.78 is 1.71. The summed E-state index contributed by atoms with van der Waals surface area (Å²) in [6, 6.07) is 7.86. The van der Waals surface area contributed by atoms with Crippen LogP contribution in [0.25, 0.3) is 5.69 Å². The third-order valence-corrected chi connectivity index (χ3v) is 2.17. The molecule has 15 heavy (non-hydrogen) atoms. The molecule has 0 spiro atoms. The van der Waals surface area contributed by atoms with Crippen LogP contribution in [0.1, 0.15) is 12.5 Å². The fourth-order valence-corrected chi connectivity index (χ4v) is 1.56. The molecule has 2 rings (SSSR count).